The fourth-order valence-corrected chi connectivity index (χ4v) is 6.56. The minimum atomic E-state index is -0.192. The molecule has 0 aromatic carbocycles. The van der Waals surface area contributed by atoms with Gasteiger partial charge in [0, 0.05) is 31.9 Å². The first kappa shape index (κ1) is 25.4. The fourth-order valence-electron chi connectivity index (χ4n) is 5.18. The second-order valence-corrected chi connectivity index (χ2v) is 11.3. The standard InChI is InChI=1S/C26H33N5O3S2/c1-18-7-5-12-30-23(18)28-22(27-10-6-11-29-13-15-34-16-14-29)20(24(30)32)17-21-25(33)31(26(35)36-21)19-8-3-2-4-9-19/h5,7,12,17,19,27H,2-4,6,8-11,13-16H2,1H3/b21-17-. The van der Waals surface area contributed by atoms with Crippen LogP contribution in [0.1, 0.15) is 49.7 Å². The Balaban J connectivity index is 1.42. The average molecular weight is 528 g/mol. The lowest BCUT2D eigenvalue weighted by Crippen LogP contribution is -2.39. The van der Waals surface area contributed by atoms with Gasteiger partial charge in [-0.25, -0.2) is 4.98 Å². The number of thioether (sulfide) groups is 1. The number of aryl methyl sites for hydroxylation is 1. The Bertz CT molecular complexity index is 1230. The summed E-state index contributed by atoms with van der Waals surface area (Å²) in [5.74, 6) is 0.420. The Morgan fingerprint density at radius 3 is 2.78 bits per heavy atom. The van der Waals surface area contributed by atoms with Gasteiger partial charge in [-0.1, -0.05) is 49.3 Å². The Hall–Kier alpha value is -2.27. The van der Waals surface area contributed by atoms with Crippen molar-refractivity contribution in [3.05, 3.63) is 44.7 Å². The molecule has 0 atom stereocenters. The van der Waals surface area contributed by atoms with Gasteiger partial charge in [0.2, 0.25) is 0 Å². The monoisotopic (exact) mass is 527 g/mol. The van der Waals surface area contributed by atoms with E-state index in [1.165, 1.54) is 18.2 Å². The third-order valence-corrected chi connectivity index (χ3v) is 8.50. The van der Waals surface area contributed by atoms with Gasteiger partial charge < -0.3 is 10.1 Å². The number of aromatic nitrogens is 2. The summed E-state index contributed by atoms with van der Waals surface area (Å²) >= 11 is 6.89. The Morgan fingerprint density at radius 2 is 2.00 bits per heavy atom. The topological polar surface area (TPSA) is 79.2 Å². The molecule has 192 valence electrons. The molecule has 8 nitrogen and oxygen atoms in total. The van der Waals surface area contributed by atoms with E-state index >= 15 is 0 Å². The van der Waals surface area contributed by atoms with E-state index in [0.717, 1.165) is 70.5 Å². The molecule has 4 heterocycles. The summed E-state index contributed by atoms with van der Waals surface area (Å²) in [7, 11) is 0. The summed E-state index contributed by atoms with van der Waals surface area (Å²) in [5, 5.41) is 3.39. The van der Waals surface area contributed by atoms with E-state index in [9.17, 15) is 9.59 Å². The molecule has 0 bridgehead atoms. The van der Waals surface area contributed by atoms with Crippen LogP contribution in [0.5, 0.6) is 0 Å². The van der Waals surface area contributed by atoms with Crippen molar-refractivity contribution in [3.63, 3.8) is 0 Å². The second-order valence-electron chi connectivity index (χ2n) is 9.64. The van der Waals surface area contributed by atoms with Crippen molar-refractivity contribution >= 4 is 51.7 Å². The predicted molar refractivity (Wildman–Crippen MR) is 148 cm³/mol. The summed E-state index contributed by atoms with van der Waals surface area (Å²) in [4.78, 5) is 36.4. The molecular formula is C26H33N5O3S2. The van der Waals surface area contributed by atoms with Gasteiger partial charge in [0.25, 0.3) is 11.5 Å². The number of nitrogens with zero attached hydrogens (tertiary/aromatic N) is 4. The van der Waals surface area contributed by atoms with Gasteiger partial charge >= 0.3 is 0 Å². The first-order valence-corrected chi connectivity index (χ1v) is 14.1. The quantitative estimate of drug-likeness (QED) is 0.332. The van der Waals surface area contributed by atoms with E-state index in [4.69, 9.17) is 21.9 Å². The molecule has 3 aliphatic rings. The van der Waals surface area contributed by atoms with Crippen LogP contribution in [0.3, 0.4) is 0 Å². The smallest absolute Gasteiger partial charge is 0.267 e. The number of thiocarbonyl (C=S) groups is 1. The molecule has 1 aliphatic carbocycles. The van der Waals surface area contributed by atoms with Crippen molar-refractivity contribution in [2.24, 2.45) is 0 Å². The van der Waals surface area contributed by atoms with Crippen molar-refractivity contribution in [2.45, 2.75) is 51.5 Å². The number of ether oxygens (including phenoxy) is 1. The van der Waals surface area contributed by atoms with Gasteiger partial charge in [-0.3, -0.25) is 23.8 Å². The highest BCUT2D eigenvalue weighted by atomic mass is 32.2. The Kier molecular flexibility index (Phi) is 8.05. The van der Waals surface area contributed by atoms with Gasteiger partial charge in [-0.15, -0.1) is 0 Å². The third kappa shape index (κ3) is 5.37. The lowest BCUT2D eigenvalue weighted by Gasteiger charge is -2.29. The molecule has 2 aliphatic heterocycles. The SMILES string of the molecule is Cc1cccn2c(=O)c(/C=C3\SC(=S)N(C4CCCCC4)C3=O)c(NCCCN3CCOCC3)nc12. The van der Waals surface area contributed by atoms with Gasteiger partial charge in [-0.2, -0.15) is 0 Å². The largest absolute Gasteiger partial charge is 0.379 e. The van der Waals surface area contributed by atoms with Crippen LogP contribution in [0.15, 0.2) is 28.0 Å². The van der Waals surface area contributed by atoms with Crippen LogP contribution in [-0.4, -0.2) is 74.8 Å². The minimum absolute atomic E-state index is 0.0936. The van der Waals surface area contributed by atoms with E-state index in [1.54, 1.807) is 21.6 Å². The number of hydrogen-bond donors (Lipinski definition) is 1. The predicted octanol–water partition coefficient (Wildman–Crippen LogP) is 3.67. The first-order chi connectivity index (χ1) is 17.5. The minimum Gasteiger partial charge on any atom is -0.379 e. The number of morpholine rings is 1. The normalized spacial score (nSPS) is 21.1. The molecule has 1 N–H and O–H groups in total. The first-order valence-electron chi connectivity index (χ1n) is 12.9. The van der Waals surface area contributed by atoms with Crippen molar-refractivity contribution in [1.29, 1.82) is 0 Å². The number of pyridine rings is 1. The van der Waals surface area contributed by atoms with Crippen LogP contribution < -0.4 is 10.9 Å². The summed E-state index contributed by atoms with van der Waals surface area (Å²) in [5.41, 5.74) is 1.74. The Morgan fingerprint density at radius 1 is 1.22 bits per heavy atom. The molecule has 3 fully saturated rings. The van der Waals surface area contributed by atoms with Crippen molar-refractivity contribution in [3.8, 4) is 0 Å². The van der Waals surface area contributed by atoms with E-state index in [-0.39, 0.29) is 17.5 Å². The fraction of sp³-hybridized carbons (Fsp3) is 0.538. The number of carbonyl (C=O) groups excluding carboxylic acids is 1. The molecule has 0 unspecified atom stereocenters. The van der Waals surface area contributed by atoms with E-state index in [1.807, 2.05) is 19.1 Å². The second kappa shape index (κ2) is 11.4. The van der Waals surface area contributed by atoms with Gasteiger partial charge in [0.1, 0.15) is 15.8 Å². The number of anilines is 1. The molecule has 2 aromatic rings. The van der Waals surface area contributed by atoms with E-state index in [0.29, 0.717) is 32.8 Å². The van der Waals surface area contributed by atoms with Crippen molar-refractivity contribution < 1.29 is 9.53 Å². The van der Waals surface area contributed by atoms with Crippen LogP contribution >= 0.6 is 24.0 Å². The zero-order valence-corrected chi connectivity index (χ0v) is 22.3. The summed E-state index contributed by atoms with van der Waals surface area (Å²) in [6, 6.07) is 3.94. The molecule has 36 heavy (non-hydrogen) atoms. The molecule has 2 aromatic heterocycles. The average Bonchev–Trinajstić information content (AvgIpc) is 3.18. The van der Waals surface area contributed by atoms with Crippen molar-refractivity contribution in [1.82, 2.24) is 19.2 Å². The highest BCUT2D eigenvalue weighted by molar-refractivity contribution is 8.26. The van der Waals surface area contributed by atoms with E-state index < -0.39 is 0 Å². The lowest BCUT2D eigenvalue weighted by atomic mass is 9.94. The number of hydrogen-bond acceptors (Lipinski definition) is 8. The highest BCUT2D eigenvalue weighted by Gasteiger charge is 2.37. The molecule has 5 rings (SSSR count). The molecule has 10 heteroatoms. The zero-order chi connectivity index (χ0) is 25.1. The maximum atomic E-state index is 13.6. The lowest BCUT2D eigenvalue weighted by molar-refractivity contribution is -0.124. The van der Waals surface area contributed by atoms with Gasteiger partial charge in [0.05, 0.1) is 23.7 Å². The third-order valence-electron chi connectivity index (χ3n) is 7.17. The molecular weight excluding hydrogens is 494 g/mol. The van der Waals surface area contributed by atoms with Crippen molar-refractivity contribution in [2.75, 3.05) is 44.7 Å². The summed E-state index contributed by atoms with van der Waals surface area (Å²) in [6.07, 6.45) is 9.74. The molecule has 1 saturated carbocycles. The highest BCUT2D eigenvalue weighted by Crippen LogP contribution is 2.37. The van der Waals surface area contributed by atoms with Crippen LogP contribution in [0.4, 0.5) is 5.82 Å². The molecule has 1 amide bonds. The summed E-state index contributed by atoms with van der Waals surface area (Å²) < 4.78 is 7.57. The van der Waals surface area contributed by atoms with Crippen LogP contribution in [0.25, 0.3) is 11.7 Å². The van der Waals surface area contributed by atoms with E-state index in [2.05, 4.69) is 10.2 Å². The maximum absolute atomic E-state index is 13.6. The number of rotatable bonds is 7. The summed E-state index contributed by atoms with van der Waals surface area (Å²) in [6.45, 7) is 7.02. The number of fused-ring (bicyclic) bond motifs is 1. The number of carbonyl (C=O) groups is 1. The maximum Gasteiger partial charge on any atom is 0.267 e. The Labute approximate surface area is 221 Å². The molecule has 2 saturated heterocycles. The molecule has 0 radical (unpaired) electrons. The number of nitrogens with one attached hydrogen (secondary N) is 1. The van der Waals surface area contributed by atoms with Gasteiger partial charge in [-0.05, 0) is 50.4 Å². The van der Waals surface area contributed by atoms with Crippen LogP contribution in [0.2, 0.25) is 0 Å². The van der Waals surface area contributed by atoms with Gasteiger partial charge in [0.15, 0.2) is 0 Å². The zero-order valence-electron chi connectivity index (χ0n) is 20.7. The number of amides is 1. The van der Waals surface area contributed by atoms with Crippen LogP contribution in [0, 0.1) is 6.92 Å². The van der Waals surface area contributed by atoms with Crippen LogP contribution in [-0.2, 0) is 9.53 Å². The molecule has 0 spiro atoms.